The van der Waals surface area contributed by atoms with E-state index >= 15 is 0 Å². The number of carbonyl (C=O) groups is 2. The minimum atomic E-state index is -0.801. The molecule has 0 spiro atoms. The summed E-state index contributed by atoms with van der Waals surface area (Å²) in [5.41, 5.74) is 5.27. The highest BCUT2D eigenvalue weighted by Gasteiger charge is 2.23. The Morgan fingerprint density at radius 3 is 1.37 bits per heavy atom. The van der Waals surface area contributed by atoms with Crippen LogP contribution in [-0.2, 0) is 16.6 Å². The van der Waals surface area contributed by atoms with Crippen LogP contribution in [0.25, 0.3) is 0 Å². The van der Waals surface area contributed by atoms with Crippen molar-refractivity contribution in [3.63, 3.8) is 0 Å². The van der Waals surface area contributed by atoms with Crippen LogP contribution in [0.3, 0.4) is 0 Å². The molecule has 4 aromatic rings. The molecule has 0 amide bonds. The minimum absolute atomic E-state index is 0.344. The normalized spacial score (nSPS) is 10.9. The summed E-state index contributed by atoms with van der Waals surface area (Å²) < 4.78 is 20.3. The second kappa shape index (κ2) is 11.6. The van der Waals surface area contributed by atoms with Crippen LogP contribution in [0.15, 0.2) is 97.1 Å². The monoisotopic (exact) mass is 510 g/mol. The second-order valence-electron chi connectivity index (χ2n) is 9.49. The summed E-state index contributed by atoms with van der Waals surface area (Å²) in [6, 6.07) is 30.3. The van der Waals surface area contributed by atoms with Crippen LogP contribution < -0.4 is 14.2 Å². The van der Waals surface area contributed by atoms with Crippen LogP contribution in [0.1, 0.15) is 41.7 Å². The summed E-state index contributed by atoms with van der Waals surface area (Å²) in [7, 11) is 1.26. The highest BCUT2D eigenvalue weighted by atomic mass is 16.7. The third kappa shape index (κ3) is 6.79. The zero-order valence-corrected chi connectivity index (χ0v) is 21.9. The van der Waals surface area contributed by atoms with Gasteiger partial charge in [0.1, 0.15) is 17.2 Å². The number of aryl methyl sites for hydroxylation is 1. The van der Waals surface area contributed by atoms with E-state index in [1.165, 1.54) is 18.2 Å². The summed E-state index contributed by atoms with van der Waals surface area (Å²) >= 11 is 0. The first-order chi connectivity index (χ1) is 18.2. The van der Waals surface area contributed by atoms with E-state index < -0.39 is 12.3 Å². The number of rotatable bonds is 7. The highest BCUT2D eigenvalue weighted by molar-refractivity contribution is 5.67. The first kappa shape index (κ1) is 26.5. The zero-order valence-electron chi connectivity index (χ0n) is 21.9. The van der Waals surface area contributed by atoms with Gasteiger partial charge in [-0.3, -0.25) is 0 Å². The Balaban J connectivity index is 1.33. The van der Waals surface area contributed by atoms with Gasteiger partial charge in [0.2, 0.25) is 0 Å². The Kier molecular flexibility index (Phi) is 8.12. The molecule has 0 saturated carbocycles. The second-order valence-corrected chi connectivity index (χ2v) is 9.49. The number of hydrogen-bond acceptors (Lipinski definition) is 6. The lowest BCUT2D eigenvalue weighted by atomic mass is 9.78. The summed E-state index contributed by atoms with van der Waals surface area (Å²) in [6.07, 6.45) is -0.759. The maximum Gasteiger partial charge on any atom is 0.519 e. The van der Waals surface area contributed by atoms with Crippen molar-refractivity contribution >= 4 is 12.3 Å². The average molecular weight is 511 g/mol. The van der Waals surface area contributed by atoms with Crippen molar-refractivity contribution in [1.29, 1.82) is 0 Å². The van der Waals surface area contributed by atoms with Crippen molar-refractivity contribution in [1.82, 2.24) is 0 Å². The molecule has 0 atom stereocenters. The Labute approximate surface area is 222 Å². The fraction of sp³-hybridized carbons (Fsp3) is 0.188. The van der Waals surface area contributed by atoms with Gasteiger partial charge in [0.05, 0.1) is 7.11 Å². The van der Waals surface area contributed by atoms with Crippen molar-refractivity contribution in [2.45, 2.75) is 32.6 Å². The number of methoxy groups -OCH3 is 1. The molecule has 0 unspecified atom stereocenters. The molecular weight excluding hydrogens is 480 g/mol. The van der Waals surface area contributed by atoms with Crippen LogP contribution in [0, 0.1) is 6.92 Å². The van der Waals surface area contributed by atoms with Crippen molar-refractivity contribution in [2.24, 2.45) is 0 Å². The lowest BCUT2D eigenvalue weighted by Crippen LogP contribution is -2.19. The molecule has 6 nitrogen and oxygen atoms in total. The van der Waals surface area contributed by atoms with Gasteiger partial charge in [0.25, 0.3) is 0 Å². The Morgan fingerprint density at radius 2 is 0.947 bits per heavy atom. The number of benzene rings is 4. The molecule has 0 radical (unpaired) electrons. The van der Waals surface area contributed by atoms with Gasteiger partial charge in [0, 0.05) is 5.41 Å². The summed E-state index contributed by atoms with van der Waals surface area (Å²) in [4.78, 5) is 23.6. The number of hydrogen-bond donors (Lipinski definition) is 0. The van der Waals surface area contributed by atoms with Crippen LogP contribution in [0.4, 0.5) is 9.59 Å². The SMILES string of the molecule is COC(=O)Oc1ccc(C(C)(C)c2ccc(OC(=O)Oc3ccc(Cc4ccc(C)cc4)cc3)cc2)cc1. The van der Waals surface area contributed by atoms with Gasteiger partial charge in [-0.05, 0) is 72.0 Å². The van der Waals surface area contributed by atoms with E-state index in [0.29, 0.717) is 17.2 Å². The van der Waals surface area contributed by atoms with Crippen LogP contribution in [0.2, 0.25) is 0 Å². The molecule has 0 fully saturated rings. The standard InChI is InChI=1S/C32H30O6/c1-22-5-7-23(8-6-22)21-24-9-15-27(16-10-24)37-31(34)38-29-19-13-26(14-20-29)32(2,3)25-11-17-28(18-12-25)36-30(33)35-4/h5-20H,21H2,1-4H3. The molecule has 6 heteroatoms. The van der Waals surface area contributed by atoms with Gasteiger partial charge in [-0.1, -0.05) is 80.1 Å². The first-order valence-electron chi connectivity index (χ1n) is 12.2. The molecule has 0 aliphatic heterocycles. The van der Waals surface area contributed by atoms with Gasteiger partial charge in [-0.25, -0.2) is 9.59 Å². The third-order valence-electron chi connectivity index (χ3n) is 6.37. The average Bonchev–Trinajstić information content (AvgIpc) is 2.91. The van der Waals surface area contributed by atoms with E-state index in [1.54, 1.807) is 36.4 Å². The van der Waals surface area contributed by atoms with Crippen molar-refractivity contribution in [3.8, 4) is 17.2 Å². The maximum absolute atomic E-state index is 12.3. The maximum atomic E-state index is 12.3. The smallest absolute Gasteiger partial charge is 0.437 e. The summed E-state index contributed by atoms with van der Waals surface area (Å²) in [5, 5.41) is 0. The Hall–Kier alpha value is -4.58. The highest BCUT2D eigenvalue weighted by Crippen LogP contribution is 2.33. The number of ether oxygens (including phenoxy) is 4. The molecule has 0 heterocycles. The molecule has 194 valence electrons. The van der Waals surface area contributed by atoms with Crippen LogP contribution in [-0.4, -0.2) is 19.4 Å². The van der Waals surface area contributed by atoms with Gasteiger partial charge >= 0.3 is 12.3 Å². The molecule has 38 heavy (non-hydrogen) atoms. The first-order valence-corrected chi connectivity index (χ1v) is 12.2. The zero-order chi connectivity index (χ0) is 27.1. The van der Waals surface area contributed by atoms with Gasteiger partial charge in [0.15, 0.2) is 0 Å². The predicted molar refractivity (Wildman–Crippen MR) is 145 cm³/mol. The molecule has 0 N–H and O–H groups in total. The fourth-order valence-corrected chi connectivity index (χ4v) is 4.01. The van der Waals surface area contributed by atoms with E-state index in [0.717, 1.165) is 23.1 Å². The van der Waals surface area contributed by atoms with E-state index in [-0.39, 0.29) is 5.41 Å². The molecule has 0 aliphatic rings. The fourth-order valence-electron chi connectivity index (χ4n) is 4.01. The van der Waals surface area contributed by atoms with E-state index in [2.05, 4.69) is 49.8 Å². The van der Waals surface area contributed by atoms with Crippen molar-refractivity contribution in [2.75, 3.05) is 7.11 Å². The Morgan fingerprint density at radius 1 is 0.579 bits per heavy atom. The summed E-state index contributed by atoms with van der Waals surface area (Å²) in [5.74, 6) is 1.20. The summed E-state index contributed by atoms with van der Waals surface area (Å²) in [6.45, 7) is 6.22. The molecule has 0 aromatic heterocycles. The van der Waals surface area contributed by atoms with Crippen molar-refractivity contribution < 1.29 is 28.5 Å². The third-order valence-corrected chi connectivity index (χ3v) is 6.37. The topological polar surface area (TPSA) is 71.1 Å². The van der Waals surface area contributed by atoms with Gasteiger partial charge < -0.3 is 18.9 Å². The van der Waals surface area contributed by atoms with Crippen molar-refractivity contribution in [3.05, 3.63) is 125 Å². The molecule has 0 aliphatic carbocycles. The molecule has 0 saturated heterocycles. The lowest BCUT2D eigenvalue weighted by molar-refractivity contribution is 0.121. The molecule has 0 bridgehead atoms. The van der Waals surface area contributed by atoms with E-state index in [9.17, 15) is 9.59 Å². The number of carbonyl (C=O) groups excluding carboxylic acids is 2. The molecule has 4 aromatic carbocycles. The Bertz CT molecular complexity index is 1370. The van der Waals surface area contributed by atoms with Gasteiger partial charge in [-0.2, -0.15) is 0 Å². The van der Waals surface area contributed by atoms with E-state index in [1.807, 2.05) is 36.4 Å². The quantitative estimate of drug-likeness (QED) is 0.188. The molecule has 4 rings (SSSR count). The minimum Gasteiger partial charge on any atom is -0.437 e. The largest absolute Gasteiger partial charge is 0.519 e. The van der Waals surface area contributed by atoms with E-state index in [4.69, 9.17) is 14.2 Å². The van der Waals surface area contributed by atoms with Crippen LogP contribution in [0.5, 0.6) is 17.2 Å². The van der Waals surface area contributed by atoms with Crippen LogP contribution >= 0.6 is 0 Å². The molecular formula is C32H30O6. The van der Waals surface area contributed by atoms with Gasteiger partial charge in [-0.15, -0.1) is 0 Å². The lowest BCUT2D eigenvalue weighted by Gasteiger charge is -2.26. The predicted octanol–water partition coefficient (Wildman–Crippen LogP) is 7.63.